The quantitative estimate of drug-likeness (QED) is 0.449. The van der Waals surface area contributed by atoms with Gasteiger partial charge in [0.2, 0.25) is 5.91 Å². The van der Waals surface area contributed by atoms with Gasteiger partial charge in [0.1, 0.15) is 17.1 Å². The molecule has 0 aromatic heterocycles. The van der Waals surface area contributed by atoms with Crippen molar-refractivity contribution in [3.63, 3.8) is 0 Å². The fourth-order valence-corrected chi connectivity index (χ4v) is 5.39. The first kappa shape index (κ1) is 20.3. The Balaban J connectivity index is 1.62. The first-order valence-corrected chi connectivity index (χ1v) is 10.5. The van der Waals surface area contributed by atoms with Gasteiger partial charge in [-0.05, 0) is 23.8 Å². The second-order valence-electron chi connectivity index (χ2n) is 5.73. The summed E-state index contributed by atoms with van der Waals surface area (Å²) < 4.78 is 0. The number of carboxylic acid groups (broad SMARTS) is 1. The van der Waals surface area contributed by atoms with Crippen LogP contribution in [0.15, 0.2) is 34.4 Å². The summed E-state index contributed by atoms with van der Waals surface area (Å²) in [6.07, 6.45) is 0. The van der Waals surface area contributed by atoms with Crippen molar-refractivity contribution in [2.45, 2.75) is 16.3 Å². The smallest absolute Gasteiger partial charge is 0.352 e. The molecule has 2 heterocycles. The number of rotatable bonds is 6. The third-order valence-electron chi connectivity index (χ3n) is 4.01. The van der Waals surface area contributed by atoms with Crippen molar-refractivity contribution in [1.82, 2.24) is 10.2 Å². The van der Waals surface area contributed by atoms with Crippen molar-refractivity contribution in [3.05, 3.63) is 39.5 Å². The molecule has 1 aromatic rings. The van der Waals surface area contributed by atoms with E-state index in [1.165, 1.54) is 23.5 Å². The molecule has 1 saturated heterocycles. The zero-order valence-electron chi connectivity index (χ0n) is 13.6. The lowest BCUT2D eigenvalue weighted by Gasteiger charge is -2.49. The van der Waals surface area contributed by atoms with Crippen molar-refractivity contribution >= 4 is 64.5 Å². The minimum absolute atomic E-state index is 0.0325. The van der Waals surface area contributed by atoms with Crippen LogP contribution in [-0.2, 0) is 14.4 Å². The Morgan fingerprint density at radius 3 is 2.78 bits per heavy atom. The summed E-state index contributed by atoms with van der Waals surface area (Å²) in [5.74, 6) is -1.83. The number of carboxylic acids is 1. The van der Waals surface area contributed by atoms with Crippen molar-refractivity contribution in [3.8, 4) is 0 Å². The summed E-state index contributed by atoms with van der Waals surface area (Å²) in [7, 11) is 0. The van der Waals surface area contributed by atoms with Gasteiger partial charge in [-0.15, -0.1) is 23.5 Å². The zero-order valence-corrected chi connectivity index (χ0v) is 16.8. The SMILES string of the molecule is O=C(CSc1cc(Cl)ccc1Cl)NC1C(=O)N2C(C(=O)O)=C(CO)CS[C@@H]12. The summed E-state index contributed by atoms with van der Waals surface area (Å²) in [6, 6.07) is 4.13. The van der Waals surface area contributed by atoms with Crippen molar-refractivity contribution in [1.29, 1.82) is 0 Å². The number of carbonyl (C=O) groups is 3. The van der Waals surface area contributed by atoms with Crippen LogP contribution in [0, 0.1) is 0 Å². The summed E-state index contributed by atoms with van der Waals surface area (Å²) in [6.45, 7) is -0.431. The van der Waals surface area contributed by atoms with Crippen LogP contribution in [0.5, 0.6) is 0 Å². The largest absolute Gasteiger partial charge is 0.477 e. The predicted molar refractivity (Wildman–Crippen MR) is 104 cm³/mol. The number of nitrogens with one attached hydrogen (secondary N) is 1. The van der Waals surface area contributed by atoms with Gasteiger partial charge in [0.15, 0.2) is 0 Å². The molecule has 0 bridgehead atoms. The molecule has 3 rings (SSSR count). The van der Waals surface area contributed by atoms with Gasteiger partial charge in [0.25, 0.3) is 5.91 Å². The Bertz CT molecular complexity index is 848. The fraction of sp³-hybridized carbons (Fsp3) is 0.312. The van der Waals surface area contributed by atoms with Crippen LogP contribution in [0.3, 0.4) is 0 Å². The average Bonchev–Trinajstić information content (AvgIpc) is 2.65. The summed E-state index contributed by atoms with van der Waals surface area (Å²) in [5.41, 5.74) is 0.0878. The minimum Gasteiger partial charge on any atom is -0.477 e. The maximum absolute atomic E-state index is 12.4. The Morgan fingerprint density at radius 1 is 1.37 bits per heavy atom. The molecular formula is C16H14Cl2N2O5S2. The molecule has 11 heteroatoms. The molecule has 7 nitrogen and oxygen atoms in total. The number of hydrogen-bond donors (Lipinski definition) is 3. The lowest BCUT2D eigenvalue weighted by atomic mass is 10.0. The van der Waals surface area contributed by atoms with Crippen molar-refractivity contribution < 1.29 is 24.6 Å². The van der Waals surface area contributed by atoms with Crippen molar-refractivity contribution in [2.75, 3.05) is 18.1 Å². The van der Waals surface area contributed by atoms with E-state index in [0.29, 0.717) is 14.9 Å². The van der Waals surface area contributed by atoms with Crippen molar-refractivity contribution in [2.24, 2.45) is 0 Å². The molecule has 0 radical (unpaired) electrons. The van der Waals surface area contributed by atoms with Gasteiger partial charge in [0, 0.05) is 15.7 Å². The molecule has 27 heavy (non-hydrogen) atoms. The normalized spacial score (nSPS) is 21.6. The third-order valence-corrected chi connectivity index (χ3v) is 7.08. The van der Waals surface area contributed by atoms with E-state index in [-0.39, 0.29) is 28.7 Å². The number of benzene rings is 1. The minimum atomic E-state index is -1.27. The maximum atomic E-state index is 12.4. The van der Waals surface area contributed by atoms with Gasteiger partial charge >= 0.3 is 5.97 Å². The lowest BCUT2D eigenvalue weighted by Crippen LogP contribution is -2.70. The number of aliphatic hydroxyl groups is 1. The van der Waals surface area contributed by atoms with E-state index in [1.54, 1.807) is 18.2 Å². The Kier molecular flexibility index (Phi) is 6.27. The molecule has 1 fully saturated rings. The fourth-order valence-electron chi connectivity index (χ4n) is 2.75. The first-order valence-electron chi connectivity index (χ1n) is 7.71. The standard InChI is InChI=1S/C16H14Cl2N2O5S2/c17-8-1-2-9(18)10(3-8)26-6-11(22)19-12-14(23)20-13(16(24)25)7(4-21)5-27-15(12)20/h1-3,12,15,21H,4-6H2,(H,19,22)(H,24,25)/t12?,15-/m0/s1. The number of halogens is 2. The number of carbonyl (C=O) groups excluding carboxylic acids is 2. The van der Waals surface area contributed by atoms with Crippen LogP contribution in [0.2, 0.25) is 10.0 Å². The van der Waals surface area contributed by atoms with Gasteiger partial charge in [-0.2, -0.15) is 0 Å². The molecule has 2 aliphatic heterocycles. The number of β-lactam (4-membered cyclic amide) rings is 1. The van der Waals surface area contributed by atoms with Gasteiger partial charge in [-0.25, -0.2) is 4.79 Å². The van der Waals surface area contributed by atoms with Crippen LogP contribution in [0.4, 0.5) is 0 Å². The molecule has 0 spiro atoms. The summed E-state index contributed by atoms with van der Waals surface area (Å²) >= 11 is 14.5. The van der Waals surface area contributed by atoms with E-state index in [2.05, 4.69) is 5.32 Å². The zero-order chi connectivity index (χ0) is 19.7. The second kappa shape index (κ2) is 8.32. The lowest BCUT2D eigenvalue weighted by molar-refractivity contribution is -0.150. The molecule has 2 aliphatic rings. The number of thioether (sulfide) groups is 2. The highest BCUT2D eigenvalue weighted by Crippen LogP contribution is 2.40. The van der Waals surface area contributed by atoms with Gasteiger partial charge in [-0.3, -0.25) is 14.5 Å². The monoisotopic (exact) mass is 448 g/mol. The van der Waals surface area contributed by atoms with Crippen LogP contribution < -0.4 is 5.32 Å². The van der Waals surface area contributed by atoms with E-state index in [4.69, 9.17) is 23.2 Å². The van der Waals surface area contributed by atoms with E-state index in [0.717, 1.165) is 4.90 Å². The summed E-state index contributed by atoms with van der Waals surface area (Å²) in [5, 5.41) is 21.7. The molecule has 1 aromatic carbocycles. The molecular weight excluding hydrogens is 435 g/mol. The number of amides is 2. The second-order valence-corrected chi connectivity index (χ2v) is 8.70. The number of fused-ring (bicyclic) bond motifs is 1. The van der Waals surface area contributed by atoms with Crippen LogP contribution in [0.25, 0.3) is 0 Å². The molecule has 0 aliphatic carbocycles. The number of nitrogens with zero attached hydrogens (tertiary/aromatic N) is 1. The van der Waals surface area contributed by atoms with Crippen LogP contribution in [0.1, 0.15) is 0 Å². The molecule has 1 unspecified atom stereocenters. The van der Waals surface area contributed by atoms with E-state index in [9.17, 15) is 24.6 Å². The number of hydrogen-bond acceptors (Lipinski definition) is 6. The Hall–Kier alpha value is -1.39. The Labute approximate surface area is 173 Å². The third kappa shape index (κ3) is 4.07. The highest BCUT2D eigenvalue weighted by molar-refractivity contribution is 8.00. The van der Waals surface area contributed by atoms with E-state index < -0.39 is 29.9 Å². The Morgan fingerprint density at radius 2 is 2.11 bits per heavy atom. The maximum Gasteiger partial charge on any atom is 0.352 e. The average molecular weight is 449 g/mol. The first-order chi connectivity index (χ1) is 12.8. The molecule has 144 valence electrons. The highest BCUT2D eigenvalue weighted by Gasteiger charge is 2.54. The molecule has 0 saturated carbocycles. The van der Waals surface area contributed by atoms with Gasteiger partial charge in [-0.1, -0.05) is 23.2 Å². The van der Waals surface area contributed by atoms with E-state index in [1.807, 2.05) is 0 Å². The topological polar surface area (TPSA) is 107 Å². The van der Waals surface area contributed by atoms with E-state index >= 15 is 0 Å². The number of aliphatic carboxylic acids is 1. The molecule has 2 amide bonds. The number of aliphatic hydroxyl groups excluding tert-OH is 1. The van der Waals surface area contributed by atoms with Crippen LogP contribution in [-0.4, -0.2) is 62.4 Å². The predicted octanol–water partition coefficient (Wildman–Crippen LogP) is 1.82. The summed E-state index contributed by atoms with van der Waals surface area (Å²) in [4.78, 5) is 37.8. The van der Waals surface area contributed by atoms with Gasteiger partial charge in [0.05, 0.1) is 17.4 Å². The van der Waals surface area contributed by atoms with Gasteiger partial charge < -0.3 is 15.5 Å². The van der Waals surface area contributed by atoms with Crippen LogP contribution >= 0.6 is 46.7 Å². The molecule has 3 N–H and O–H groups in total. The highest BCUT2D eigenvalue weighted by atomic mass is 35.5. The molecule has 2 atom stereocenters.